The van der Waals surface area contributed by atoms with Crippen LogP contribution in [0.2, 0.25) is 0 Å². The number of carbonyl (C=O) groups is 1. The van der Waals surface area contributed by atoms with Crippen molar-refractivity contribution in [1.82, 2.24) is 10.2 Å². The molecule has 2 aromatic rings. The third-order valence-corrected chi connectivity index (χ3v) is 4.74. The Morgan fingerprint density at radius 3 is 2.63 bits per heavy atom. The van der Waals surface area contributed by atoms with Gasteiger partial charge < -0.3 is 20.1 Å². The van der Waals surface area contributed by atoms with E-state index in [0.717, 1.165) is 19.5 Å². The zero-order valence-electron chi connectivity index (χ0n) is 16.6. The van der Waals surface area contributed by atoms with Gasteiger partial charge in [0.15, 0.2) is 18.1 Å². The molecule has 1 aliphatic heterocycles. The van der Waals surface area contributed by atoms with Gasteiger partial charge in [-0.15, -0.1) is 0 Å². The summed E-state index contributed by atoms with van der Waals surface area (Å²) in [5.74, 6) is 0.0511. The monoisotopic (exact) mass is 423 g/mol. The van der Waals surface area contributed by atoms with Gasteiger partial charge in [-0.05, 0) is 29.7 Å². The van der Waals surface area contributed by atoms with Crippen LogP contribution >= 0.6 is 0 Å². The summed E-state index contributed by atoms with van der Waals surface area (Å²) >= 11 is 0. The smallest absolute Gasteiger partial charge is 0.422 e. The van der Waals surface area contributed by atoms with E-state index in [2.05, 4.69) is 27.7 Å². The number of fused-ring (bicyclic) bond motifs is 1. The number of nitrogens with one attached hydrogen (secondary N) is 2. The predicted molar refractivity (Wildman–Crippen MR) is 107 cm³/mol. The maximum atomic E-state index is 12.4. The van der Waals surface area contributed by atoms with Gasteiger partial charge in [0, 0.05) is 37.9 Å². The summed E-state index contributed by atoms with van der Waals surface area (Å²) in [6.45, 7) is 1.47. The highest BCUT2D eigenvalue weighted by molar-refractivity contribution is 5.89. The van der Waals surface area contributed by atoms with Crippen molar-refractivity contribution in [2.24, 2.45) is 0 Å². The van der Waals surface area contributed by atoms with Gasteiger partial charge in [0.2, 0.25) is 0 Å². The Balaban J connectivity index is 1.47. The van der Waals surface area contributed by atoms with Gasteiger partial charge in [-0.25, -0.2) is 4.79 Å². The lowest BCUT2D eigenvalue weighted by molar-refractivity contribution is -0.153. The highest BCUT2D eigenvalue weighted by Crippen LogP contribution is 2.31. The van der Waals surface area contributed by atoms with Gasteiger partial charge in [-0.2, -0.15) is 13.2 Å². The van der Waals surface area contributed by atoms with E-state index in [9.17, 15) is 18.0 Å². The van der Waals surface area contributed by atoms with Crippen molar-refractivity contribution in [3.8, 4) is 11.5 Å². The zero-order chi connectivity index (χ0) is 21.6. The van der Waals surface area contributed by atoms with Crippen LogP contribution in [0.15, 0.2) is 42.5 Å². The number of benzene rings is 2. The first-order chi connectivity index (χ1) is 14.3. The summed E-state index contributed by atoms with van der Waals surface area (Å²) in [6, 6.07) is 12.1. The van der Waals surface area contributed by atoms with Crippen molar-refractivity contribution in [1.29, 1.82) is 0 Å². The highest BCUT2D eigenvalue weighted by Gasteiger charge is 2.29. The first kappa shape index (κ1) is 21.8. The molecule has 0 unspecified atom stereocenters. The lowest BCUT2D eigenvalue weighted by atomic mass is 10.00. The first-order valence-electron chi connectivity index (χ1n) is 9.55. The fraction of sp³-hybridized carbons (Fsp3) is 0.381. The second-order valence-electron chi connectivity index (χ2n) is 6.95. The number of anilines is 1. The van der Waals surface area contributed by atoms with Crippen molar-refractivity contribution >= 4 is 11.7 Å². The van der Waals surface area contributed by atoms with E-state index in [-0.39, 0.29) is 11.5 Å². The molecule has 0 atom stereocenters. The summed E-state index contributed by atoms with van der Waals surface area (Å²) < 4.78 is 47.0. The maximum Gasteiger partial charge on any atom is 0.422 e. The minimum atomic E-state index is -4.47. The summed E-state index contributed by atoms with van der Waals surface area (Å²) in [4.78, 5) is 14.4. The molecule has 2 aromatic carbocycles. The largest absolute Gasteiger partial charge is 0.493 e. The number of hydrogen-bond donors (Lipinski definition) is 2. The molecule has 162 valence electrons. The van der Waals surface area contributed by atoms with E-state index < -0.39 is 18.8 Å². The van der Waals surface area contributed by atoms with Crippen LogP contribution in [0.3, 0.4) is 0 Å². The van der Waals surface area contributed by atoms with Crippen LogP contribution in [0.5, 0.6) is 11.5 Å². The second-order valence-corrected chi connectivity index (χ2v) is 6.95. The Morgan fingerprint density at radius 2 is 1.90 bits per heavy atom. The second kappa shape index (κ2) is 9.71. The lowest BCUT2D eigenvalue weighted by Gasteiger charge is -2.28. The maximum absolute atomic E-state index is 12.4. The third kappa shape index (κ3) is 6.28. The molecule has 6 nitrogen and oxygen atoms in total. The highest BCUT2D eigenvalue weighted by atomic mass is 19.4. The normalized spacial score (nSPS) is 14.0. The van der Waals surface area contributed by atoms with Crippen molar-refractivity contribution < 1.29 is 27.4 Å². The minimum Gasteiger partial charge on any atom is -0.493 e. The van der Waals surface area contributed by atoms with E-state index in [1.807, 2.05) is 12.1 Å². The standard InChI is InChI=1S/C21H24F3N3O3/c1-29-18-7-6-17(12-19(18)30-14-21(22,23)24)26-20(28)25-9-11-27-10-8-15-4-2-3-5-16(15)13-27/h2-7,12H,8-11,13-14H2,1H3,(H2,25,26,28). The van der Waals surface area contributed by atoms with Gasteiger partial charge >= 0.3 is 12.2 Å². The van der Waals surface area contributed by atoms with Crippen molar-refractivity contribution in [3.05, 3.63) is 53.6 Å². The van der Waals surface area contributed by atoms with Gasteiger partial charge in [0.1, 0.15) is 0 Å². The van der Waals surface area contributed by atoms with E-state index in [1.165, 1.54) is 36.4 Å². The van der Waals surface area contributed by atoms with Crippen LogP contribution in [-0.4, -0.2) is 50.5 Å². The average molecular weight is 423 g/mol. The molecule has 0 bridgehead atoms. The number of halogens is 3. The molecule has 9 heteroatoms. The Kier molecular flexibility index (Phi) is 7.04. The van der Waals surface area contributed by atoms with E-state index in [4.69, 9.17) is 9.47 Å². The zero-order valence-corrected chi connectivity index (χ0v) is 16.6. The first-order valence-corrected chi connectivity index (χ1v) is 9.55. The number of rotatable bonds is 7. The molecular weight excluding hydrogens is 399 g/mol. The number of ether oxygens (including phenoxy) is 2. The SMILES string of the molecule is COc1ccc(NC(=O)NCCN2CCc3ccccc3C2)cc1OCC(F)(F)F. The Morgan fingerprint density at radius 1 is 1.13 bits per heavy atom. The molecule has 0 aromatic heterocycles. The number of urea groups is 1. The molecule has 2 N–H and O–H groups in total. The molecule has 0 spiro atoms. The predicted octanol–water partition coefficient (Wildman–Crippen LogP) is 3.82. The molecule has 3 rings (SSSR count). The third-order valence-electron chi connectivity index (χ3n) is 4.74. The molecule has 1 aliphatic rings. The molecule has 0 radical (unpaired) electrons. The quantitative estimate of drug-likeness (QED) is 0.711. The fourth-order valence-corrected chi connectivity index (χ4v) is 3.27. The van der Waals surface area contributed by atoms with Gasteiger partial charge in [0.25, 0.3) is 0 Å². The molecule has 0 aliphatic carbocycles. The molecule has 0 saturated heterocycles. The average Bonchev–Trinajstić information content (AvgIpc) is 2.72. The number of nitrogens with zero attached hydrogens (tertiary/aromatic N) is 1. The Labute approximate surface area is 173 Å². The van der Waals surface area contributed by atoms with Gasteiger partial charge in [-0.3, -0.25) is 4.90 Å². The summed E-state index contributed by atoms with van der Waals surface area (Å²) in [7, 11) is 1.33. The van der Waals surface area contributed by atoms with Crippen molar-refractivity contribution in [3.63, 3.8) is 0 Å². The fourth-order valence-electron chi connectivity index (χ4n) is 3.27. The van der Waals surface area contributed by atoms with E-state index in [0.29, 0.717) is 18.8 Å². The number of hydrogen-bond acceptors (Lipinski definition) is 4. The van der Waals surface area contributed by atoms with E-state index >= 15 is 0 Å². The minimum absolute atomic E-state index is 0.0976. The summed E-state index contributed by atoms with van der Waals surface area (Å²) in [6.07, 6.45) is -3.49. The van der Waals surface area contributed by atoms with Crippen LogP contribution in [0.25, 0.3) is 0 Å². The number of methoxy groups -OCH3 is 1. The molecule has 2 amide bonds. The molecule has 0 saturated carbocycles. The number of alkyl halides is 3. The number of carbonyl (C=O) groups excluding carboxylic acids is 1. The molecular formula is C21H24F3N3O3. The van der Waals surface area contributed by atoms with Gasteiger partial charge in [-0.1, -0.05) is 24.3 Å². The van der Waals surface area contributed by atoms with Crippen molar-refractivity contribution in [2.75, 3.05) is 38.7 Å². The van der Waals surface area contributed by atoms with Crippen molar-refractivity contribution in [2.45, 2.75) is 19.1 Å². The lowest BCUT2D eigenvalue weighted by Crippen LogP contribution is -2.39. The van der Waals surface area contributed by atoms with E-state index in [1.54, 1.807) is 0 Å². The molecule has 1 heterocycles. The Bertz CT molecular complexity index is 874. The topological polar surface area (TPSA) is 62.8 Å². The summed E-state index contributed by atoms with van der Waals surface area (Å²) in [5, 5.41) is 5.36. The molecule has 30 heavy (non-hydrogen) atoms. The van der Waals surface area contributed by atoms with Gasteiger partial charge in [0.05, 0.1) is 7.11 Å². The van der Waals surface area contributed by atoms with Crippen LogP contribution < -0.4 is 20.1 Å². The van der Waals surface area contributed by atoms with Crippen LogP contribution in [0.4, 0.5) is 23.7 Å². The Hall–Kier alpha value is -2.94. The van der Waals surface area contributed by atoms with Crippen LogP contribution in [0.1, 0.15) is 11.1 Å². The number of amides is 2. The van der Waals surface area contributed by atoms with Crippen LogP contribution in [-0.2, 0) is 13.0 Å². The van der Waals surface area contributed by atoms with Crippen LogP contribution in [0, 0.1) is 0 Å². The summed E-state index contributed by atoms with van der Waals surface area (Å²) in [5.41, 5.74) is 2.97. The molecule has 0 fully saturated rings.